The molecule has 0 radical (unpaired) electrons. The Bertz CT molecular complexity index is 243. The normalized spacial score (nSPS) is 10.6. The number of thiol groups is 1. The van der Waals surface area contributed by atoms with Gasteiger partial charge in [0.25, 0.3) is 0 Å². The highest BCUT2D eigenvalue weighted by molar-refractivity contribution is 14.1. The molecule has 2 heteroatoms. The summed E-state index contributed by atoms with van der Waals surface area (Å²) in [6.45, 7) is 0. The first-order chi connectivity index (χ1) is 4.84. The van der Waals surface area contributed by atoms with Gasteiger partial charge in [0.1, 0.15) is 0 Å². The highest BCUT2D eigenvalue weighted by Gasteiger charge is 1.89. The van der Waals surface area contributed by atoms with Gasteiger partial charge in [-0.15, -0.1) is 12.6 Å². The molecule has 0 nitrogen and oxygen atoms in total. The molecule has 0 saturated carbocycles. The molecule has 0 aromatic heterocycles. The molecule has 0 unspecified atom stereocenters. The Balaban J connectivity index is 3.03. The first-order valence-electron chi connectivity index (χ1n) is 2.89. The number of rotatable bonds is 1. The van der Waals surface area contributed by atoms with Crippen molar-refractivity contribution >= 4 is 41.3 Å². The SMILES string of the molecule is Sc1ccccc1/C=C\I. The second kappa shape index (κ2) is 4.03. The molecule has 0 amide bonds. The van der Waals surface area contributed by atoms with Gasteiger partial charge in [0.05, 0.1) is 0 Å². The Hall–Kier alpha value is 0.0400. The van der Waals surface area contributed by atoms with E-state index in [2.05, 4.69) is 35.2 Å². The largest absolute Gasteiger partial charge is 0.143 e. The van der Waals surface area contributed by atoms with Gasteiger partial charge < -0.3 is 0 Å². The molecular weight excluding hydrogens is 255 g/mol. The Labute approximate surface area is 79.9 Å². The van der Waals surface area contributed by atoms with E-state index < -0.39 is 0 Å². The minimum Gasteiger partial charge on any atom is -0.143 e. The van der Waals surface area contributed by atoms with E-state index in [4.69, 9.17) is 0 Å². The molecule has 0 fully saturated rings. The Kier molecular flexibility index (Phi) is 3.28. The lowest BCUT2D eigenvalue weighted by atomic mass is 10.2. The fourth-order valence-electron chi connectivity index (χ4n) is 0.696. The van der Waals surface area contributed by atoms with Crippen molar-refractivity contribution in [3.05, 3.63) is 33.9 Å². The maximum absolute atomic E-state index is 4.28. The monoisotopic (exact) mass is 262 g/mol. The van der Waals surface area contributed by atoms with Gasteiger partial charge in [-0.2, -0.15) is 0 Å². The smallest absolute Gasteiger partial charge is 0.0113 e. The summed E-state index contributed by atoms with van der Waals surface area (Å²) >= 11 is 6.47. The van der Waals surface area contributed by atoms with Crippen LogP contribution in [0.1, 0.15) is 5.56 Å². The van der Waals surface area contributed by atoms with Crippen molar-refractivity contribution in [2.24, 2.45) is 0 Å². The lowest BCUT2D eigenvalue weighted by molar-refractivity contribution is 1.44. The Morgan fingerprint density at radius 3 is 2.60 bits per heavy atom. The second-order valence-corrected chi connectivity index (χ2v) is 3.05. The maximum Gasteiger partial charge on any atom is 0.0113 e. The van der Waals surface area contributed by atoms with Gasteiger partial charge in [0, 0.05) is 4.90 Å². The van der Waals surface area contributed by atoms with Crippen molar-refractivity contribution in [1.82, 2.24) is 0 Å². The van der Waals surface area contributed by atoms with Gasteiger partial charge in [-0.1, -0.05) is 40.8 Å². The lowest BCUT2D eigenvalue weighted by Crippen LogP contribution is -1.71. The van der Waals surface area contributed by atoms with Crippen molar-refractivity contribution in [1.29, 1.82) is 0 Å². The van der Waals surface area contributed by atoms with E-state index in [1.165, 1.54) is 5.56 Å². The third-order valence-corrected chi connectivity index (χ3v) is 1.95. The molecule has 0 N–H and O–H groups in total. The molecule has 1 aromatic carbocycles. The Morgan fingerprint density at radius 1 is 1.30 bits per heavy atom. The zero-order valence-corrected chi connectivity index (χ0v) is 8.34. The van der Waals surface area contributed by atoms with Crippen LogP contribution in [0.5, 0.6) is 0 Å². The number of hydrogen-bond donors (Lipinski definition) is 1. The summed E-state index contributed by atoms with van der Waals surface area (Å²) in [7, 11) is 0. The molecule has 0 aliphatic carbocycles. The summed E-state index contributed by atoms with van der Waals surface area (Å²) in [5, 5.41) is 0. The molecule has 0 bridgehead atoms. The van der Waals surface area contributed by atoms with Crippen LogP contribution in [-0.4, -0.2) is 0 Å². The standard InChI is InChI=1S/C8H7IS/c9-6-5-7-3-1-2-4-8(7)10/h1-6,10H/b6-5-. The molecule has 52 valence electrons. The average Bonchev–Trinajstić information content (AvgIpc) is 1.94. The topological polar surface area (TPSA) is 0 Å². The number of benzene rings is 1. The summed E-state index contributed by atoms with van der Waals surface area (Å²) in [6, 6.07) is 8.01. The van der Waals surface area contributed by atoms with Crippen LogP contribution >= 0.6 is 35.2 Å². The maximum atomic E-state index is 4.28. The van der Waals surface area contributed by atoms with Crippen LogP contribution in [0.15, 0.2) is 33.2 Å². The van der Waals surface area contributed by atoms with E-state index in [9.17, 15) is 0 Å². The zero-order valence-electron chi connectivity index (χ0n) is 5.29. The average molecular weight is 262 g/mol. The van der Waals surface area contributed by atoms with E-state index in [1.807, 2.05) is 34.4 Å². The summed E-state index contributed by atoms with van der Waals surface area (Å²) in [6.07, 6.45) is 2.03. The highest BCUT2D eigenvalue weighted by atomic mass is 127. The van der Waals surface area contributed by atoms with Crippen LogP contribution in [0.3, 0.4) is 0 Å². The summed E-state index contributed by atoms with van der Waals surface area (Å²) in [4.78, 5) is 1.02. The third kappa shape index (κ3) is 2.02. The van der Waals surface area contributed by atoms with Crippen molar-refractivity contribution in [2.75, 3.05) is 0 Å². The van der Waals surface area contributed by atoms with Crippen LogP contribution in [0.25, 0.3) is 6.08 Å². The summed E-state index contributed by atoms with van der Waals surface area (Å²) < 4.78 is 1.98. The lowest BCUT2D eigenvalue weighted by Gasteiger charge is -1.94. The first kappa shape index (κ1) is 8.14. The molecular formula is C8H7IS. The van der Waals surface area contributed by atoms with Crippen LogP contribution < -0.4 is 0 Å². The second-order valence-electron chi connectivity index (χ2n) is 1.85. The zero-order chi connectivity index (χ0) is 7.40. The van der Waals surface area contributed by atoms with Gasteiger partial charge in [0.15, 0.2) is 0 Å². The molecule has 1 aromatic rings. The van der Waals surface area contributed by atoms with E-state index >= 15 is 0 Å². The quantitative estimate of drug-likeness (QED) is 0.582. The Morgan fingerprint density at radius 2 is 2.00 bits per heavy atom. The van der Waals surface area contributed by atoms with Gasteiger partial charge in [-0.05, 0) is 21.8 Å². The van der Waals surface area contributed by atoms with Gasteiger partial charge >= 0.3 is 0 Å². The molecule has 1 rings (SSSR count). The van der Waals surface area contributed by atoms with Crippen LogP contribution in [0.4, 0.5) is 0 Å². The first-order valence-corrected chi connectivity index (χ1v) is 4.58. The molecule has 0 spiro atoms. The predicted molar refractivity (Wildman–Crippen MR) is 56.7 cm³/mol. The van der Waals surface area contributed by atoms with Crippen LogP contribution in [0, 0.1) is 0 Å². The summed E-state index contributed by atoms with van der Waals surface area (Å²) in [5.74, 6) is 0. The fraction of sp³-hybridized carbons (Fsp3) is 0. The summed E-state index contributed by atoms with van der Waals surface area (Å²) in [5.41, 5.74) is 1.17. The molecule has 0 heterocycles. The number of hydrogen-bond acceptors (Lipinski definition) is 1. The van der Waals surface area contributed by atoms with Gasteiger partial charge in [-0.25, -0.2) is 0 Å². The third-order valence-electron chi connectivity index (χ3n) is 1.18. The van der Waals surface area contributed by atoms with E-state index in [1.54, 1.807) is 0 Å². The van der Waals surface area contributed by atoms with Crippen LogP contribution in [0.2, 0.25) is 0 Å². The molecule has 0 aliphatic heterocycles. The predicted octanol–water partition coefficient (Wildman–Crippen LogP) is 3.38. The molecule has 0 saturated heterocycles. The van der Waals surface area contributed by atoms with Gasteiger partial charge in [0.2, 0.25) is 0 Å². The molecule has 0 aliphatic rings. The van der Waals surface area contributed by atoms with Crippen molar-refractivity contribution in [2.45, 2.75) is 4.90 Å². The minimum absolute atomic E-state index is 1.02. The fourth-order valence-corrected chi connectivity index (χ4v) is 1.32. The molecule has 0 atom stereocenters. The van der Waals surface area contributed by atoms with Crippen molar-refractivity contribution in [3.63, 3.8) is 0 Å². The number of halogens is 1. The van der Waals surface area contributed by atoms with Crippen LogP contribution in [-0.2, 0) is 0 Å². The molecule has 10 heavy (non-hydrogen) atoms. The van der Waals surface area contributed by atoms with Crippen molar-refractivity contribution < 1.29 is 0 Å². The minimum atomic E-state index is 1.02. The van der Waals surface area contributed by atoms with E-state index in [-0.39, 0.29) is 0 Å². The van der Waals surface area contributed by atoms with E-state index in [0.717, 1.165) is 4.90 Å². The van der Waals surface area contributed by atoms with Gasteiger partial charge in [-0.3, -0.25) is 0 Å². The van der Waals surface area contributed by atoms with E-state index in [0.29, 0.717) is 0 Å². The van der Waals surface area contributed by atoms with Crippen molar-refractivity contribution in [3.8, 4) is 0 Å². The highest BCUT2D eigenvalue weighted by Crippen LogP contribution is 2.14.